The van der Waals surface area contributed by atoms with Gasteiger partial charge in [-0.2, -0.15) is 0 Å². The number of oxazole rings is 1. The van der Waals surface area contributed by atoms with Crippen LogP contribution in [0.15, 0.2) is 65.4 Å². The lowest BCUT2D eigenvalue weighted by atomic mass is 9.98. The van der Waals surface area contributed by atoms with E-state index in [1.165, 1.54) is 17.2 Å². The number of carbonyl (C=O) groups excluding carboxylic acids is 2. The van der Waals surface area contributed by atoms with Crippen LogP contribution >= 0.6 is 11.6 Å². The monoisotopic (exact) mass is 548 g/mol. The number of piperidine rings is 1. The molecule has 4 aromatic rings. The smallest absolute Gasteiger partial charge is 0.310 e. The van der Waals surface area contributed by atoms with Gasteiger partial charge in [0.2, 0.25) is 5.89 Å². The number of H-pyrrole nitrogens is 1. The van der Waals surface area contributed by atoms with Crippen molar-refractivity contribution < 1.29 is 18.7 Å². The molecule has 39 heavy (non-hydrogen) atoms. The number of hydrogen-bond donors (Lipinski definition) is 1. The molecule has 2 aromatic heterocycles. The van der Waals surface area contributed by atoms with Crippen LogP contribution < -0.4 is 0 Å². The van der Waals surface area contributed by atoms with Gasteiger partial charge in [-0.25, -0.2) is 4.98 Å². The zero-order chi connectivity index (χ0) is 27.2. The van der Waals surface area contributed by atoms with Crippen molar-refractivity contribution >= 4 is 34.4 Å². The second-order valence-electron chi connectivity index (χ2n) is 9.88. The first-order valence-corrected chi connectivity index (χ1v) is 13.8. The maximum atomic E-state index is 13.2. The van der Waals surface area contributed by atoms with Crippen molar-refractivity contribution in [3.63, 3.8) is 0 Å². The lowest BCUT2D eigenvalue weighted by Crippen LogP contribution is -2.43. The highest BCUT2D eigenvalue weighted by atomic mass is 35.5. The molecule has 0 saturated carbocycles. The number of likely N-dealkylation sites (tertiary alicyclic amines) is 1. The molecule has 1 atom stereocenters. The summed E-state index contributed by atoms with van der Waals surface area (Å²) in [6, 6.07) is 16.1. The van der Waals surface area contributed by atoms with Crippen molar-refractivity contribution in [2.75, 3.05) is 26.2 Å². The van der Waals surface area contributed by atoms with Crippen molar-refractivity contribution in [3.05, 3.63) is 88.7 Å². The number of aromatic nitrogens is 2. The summed E-state index contributed by atoms with van der Waals surface area (Å²) in [5.41, 5.74) is 3.62. The Bertz CT molecular complexity index is 1430. The van der Waals surface area contributed by atoms with E-state index in [0.29, 0.717) is 43.7 Å². The first-order chi connectivity index (χ1) is 19.0. The molecule has 1 N–H and O–H groups in total. The fraction of sp³-hybridized carbons (Fsp3) is 0.367. The van der Waals surface area contributed by atoms with Gasteiger partial charge < -0.3 is 19.0 Å². The number of carbonyl (C=O) groups is 2. The van der Waals surface area contributed by atoms with Gasteiger partial charge in [0.05, 0.1) is 19.1 Å². The molecule has 2 aromatic carbocycles. The van der Waals surface area contributed by atoms with Gasteiger partial charge in [0, 0.05) is 48.3 Å². The van der Waals surface area contributed by atoms with E-state index in [1.807, 2.05) is 36.4 Å². The summed E-state index contributed by atoms with van der Waals surface area (Å²) in [7, 11) is 0. The van der Waals surface area contributed by atoms with Crippen molar-refractivity contribution in [1.82, 2.24) is 19.8 Å². The molecule has 3 heterocycles. The number of amides is 1. The molecule has 0 unspecified atom stereocenters. The van der Waals surface area contributed by atoms with Gasteiger partial charge in [0.25, 0.3) is 5.91 Å². The molecule has 1 saturated heterocycles. The van der Waals surface area contributed by atoms with Crippen molar-refractivity contribution in [1.29, 1.82) is 0 Å². The highest BCUT2D eigenvalue weighted by Crippen LogP contribution is 2.23. The number of benzene rings is 2. The SMILES string of the molecule is CCOC(=O)[C@H]1CCCN(C(=O)c2coc(CN(CCc3c[nH]c4ccccc34)Cc3ccccc3Cl)n2)C1. The number of esters is 1. The third kappa shape index (κ3) is 6.52. The van der Waals surface area contributed by atoms with E-state index < -0.39 is 0 Å². The lowest BCUT2D eigenvalue weighted by molar-refractivity contribution is -0.149. The second-order valence-corrected chi connectivity index (χ2v) is 10.3. The zero-order valence-electron chi connectivity index (χ0n) is 22.1. The fourth-order valence-electron chi connectivity index (χ4n) is 5.15. The molecule has 0 spiro atoms. The minimum atomic E-state index is -0.301. The number of nitrogens with zero attached hydrogens (tertiary/aromatic N) is 3. The second kappa shape index (κ2) is 12.5. The van der Waals surface area contributed by atoms with Crippen molar-refractivity contribution in [2.24, 2.45) is 5.92 Å². The zero-order valence-corrected chi connectivity index (χ0v) is 22.8. The van der Waals surface area contributed by atoms with Crippen LogP contribution in [0.5, 0.6) is 0 Å². The number of halogens is 1. The third-order valence-electron chi connectivity index (χ3n) is 7.18. The Kier molecular flexibility index (Phi) is 8.64. The van der Waals surface area contributed by atoms with Crippen LogP contribution in [-0.4, -0.2) is 57.9 Å². The molecule has 9 heteroatoms. The van der Waals surface area contributed by atoms with E-state index >= 15 is 0 Å². The molecule has 1 aliphatic heterocycles. The van der Waals surface area contributed by atoms with E-state index in [0.717, 1.165) is 36.9 Å². The lowest BCUT2D eigenvalue weighted by Gasteiger charge is -2.30. The Morgan fingerprint density at radius 2 is 1.97 bits per heavy atom. The predicted octanol–water partition coefficient (Wildman–Crippen LogP) is 5.47. The summed E-state index contributed by atoms with van der Waals surface area (Å²) in [5.74, 6) is -0.315. The molecule has 8 nitrogen and oxygen atoms in total. The van der Waals surface area contributed by atoms with Crippen LogP contribution in [0, 0.1) is 5.92 Å². The van der Waals surface area contributed by atoms with Crippen LogP contribution in [0.3, 0.4) is 0 Å². The molecule has 1 fully saturated rings. The third-order valence-corrected chi connectivity index (χ3v) is 7.55. The number of fused-ring (bicyclic) bond motifs is 1. The molecule has 1 amide bonds. The number of nitrogens with one attached hydrogen (secondary N) is 1. The molecular formula is C30H33ClN4O4. The standard InChI is InChI=1S/C30H33ClN4O4/c1-2-38-30(37)23-9-7-14-35(18-23)29(36)27-20-39-28(33-27)19-34(17-22-8-3-5-11-25(22)31)15-13-21-16-32-26-12-6-4-10-24(21)26/h3-6,8,10-12,16,20,23,32H,2,7,9,13-15,17-19H2,1H3/t23-/m0/s1. The van der Waals surface area contributed by atoms with Crippen molar-refractivity contribution in [2.45, 2.75) is 39.3 Å². The van der Waals surface area contributed by atoms with Gasteiger partial charge in [-0.05, 0) is 49.4 Å². The Labute approximate surface area is 232 Å². The minimum absolute atomic E-state index is 0.226. The predicted molar refractivity (Wildman–Crippen MR) is 149 cm³/mol. The van der Waals surface area contributed by atoms with E-state index in [9.17, 15) is 9.59 Å². The Morgan fingerprint density at radius 1 is 1.15 bits per heavy atom. The maximum absolute atomic E-state index is 13.2. The van der Waals surface area contributed by atoms with E-state index in [4.69, 9.17) is 20.8 Å². The summed E-state index contributed by atoms with van der Waals surface area (Å²) < 4.78 is 10.9. The molecule has 0 aliphatic carbocycles. The van der Waals surface area contributed by atoms with Gasteiger partial charge in [-0.3, -0.25) is 14.5 Å². The van der Waals surface area contributed by atoms with Gasteiger partial charge in [0.15, 0.2) is 5.69 Å². The maximum Gasteiger partial charge on any atom is 0.310 e. The van der Waals surface area contributed by atoms with Crippen molar-refractivity contribution in [3.8, 4) is 0 Å². The normalized spacial score (nSPS) is 15.7. The van der Waals surface area contributed by atoms with Crippen LogP contribution in [0.2, 0.25) is 5.02 Å². The average Bonchev–Trinajstić information content (AvgIpc) is 3.60. The number of rotatable bonds is 10. The topological polar surface area (TPSA) is 91.7 Å². The minimum Gasteiger partial charge on any atom is -0.466 e. The largest absolute Gasteiger partial charge is 0.466 e. The van der Waals surface area contributed by atoms with E-state index in [2.05, 4.69) is 33.2 Å². The number of aromatic amines is 1. The molecule has 5 rings (SSSR count). The van der Waals surface area contributed by atoms with Gasteiger partial charge >= 0.3 is 5.97 Å². The van der Waals surface area contributed by atoms with Gasteiger partial charge in [-0.15, -0.1) is 0 Å². The Balaban J connectivity index is 1.28. The summed E-state index contributed by atoms with van der Waals surface area (Å²) >= 11 is 6.48. The van der Waals surface area contributed by atoms with Crippen LogP contribution in [0.4, 0.5) is 0 Å². The van der Waals surface area contributed by atoms with Gasteiger partial charge in [0.1, 0.15) is 6.26 Å². The molecule has 204 valence electrons. The first-order valence-electron chi connectivity index (χ1n) is 13.4. The molecular weight excluding hydrogens is 516 g/mol. The van der Waals surface area contributed by atoms with Crippen LogP contribution in [-0.2, 0) is 29.0 Å². The average molecular weight is 549 g/mol. The number of ether oxygens (including phenoxy) is 1. The highest BCUT2D eigenvalue weighted by molar-refractivity contribution is 6.31. The summed E-state index contributed by atoms with van der Waals surface area (Å²) in [6.45, 7) is 4.82. The molecule has 1 aliphatic rings. The first kappa shape index (κ1) is 27.0. The van der Waals surface area contributed by atoms with Crippen LogP contribution in [0.1, 0.15) is 47.3 Å². The summed E-state index contributed by atoms with van der Waals surface area (Å²) in [6.07, 6.45) is 5.77. The summed E-state index contributed by atoms with van der Waals surface area (Å²) in [4.78, 5) is 37.2. The Hall–Kier alpha value is -3.62. The quantitative estimate of drug-likeness (QED) is 0.264. The van der Waals surface area contributed by atoms with Gasteiger partial charge in [-0.1, -0.05) is 48.0 Å². The Morgan fingerprint density at radius 3 is 2.82 bits per heavy atom. The molecule has 0 bridgehead atoms. The fourth-order valence-corrected chi connectivity index (χ4v) is 5.34. The summed E-state index contributed by atoms with van der Waals surface area (Å²) in [5, 5.41) is 1.92. The van der Waals surface area contributed by atoms with Crippen LogP contribution in [0.25, 0.3) is 10.9 Å². The highest BCUT2D eigenvalue weighted by Gasteiger charge is 2.31. The molecule has 0 radical (unpaired) electrons. The number of hydrogen-bond acceptors (Lipinski definition) is 6. The van der Waals surface area contributed by atoms with E-state index in [-0.39, 0.29) is 23.5 Å². The number of para-hydroxylation sites is 1. The van der Waals surface area contributed by atoms with E-state index in [1.54, 1.807) is 11.8 Å².